The SMILES string of the molecule is c1ccc(-c2nc(-c3cc4ccccc4c4ccccc34)nc(-c3cccc4ccc5c(c34)-c3ccccc3C5(c3ccccc3)c3ccccc3)n2)cc1. The summed E-state index contributed by atoms with van der Waals surface area (Å²) in [5.74, 6) is 1.94. The van der Waals surface area contributed by atoms with E-state index in [0.29, 0.717) is 17.5 Å². The first kappa shape index (κ1) is 31.3. The van der Waals surface area contributed by atoms with Crippen molar-refractivity contribution >= 4 is 32.3 Å². The van der Waals surface area contributed by atoms with Crippen LogP contribution in [0.15, 0.2) is 200 Å². The molecule has 0 amide bonds. The van der Waals surface area contributed by atoms with E-state index in [2.05, 4.69) is 182 Å². The summed E-state index contributed by atoms with van der Waals surface area (Å²) >= 11 is 0. The summed E-state index contributed by atoms with van der Waals surface area (Å²) in [6.45, 7) is 0. The zero-order valence-electron chi connectivity index (χ0n) is 29.9. The molecular formula is C52H33N3. The van der Waals surface area contributed by atoms with Crippen molar-refractivity contribution in [2.75, 3.05) is 0 Å². The zero-order chi connectivity index (χ0) is 36.3. The van der Waals surface area contributed by atoms with Gasteiger partial charge < -0.3 is 0 Å². The van der Waals surface area contributed by atoms with Gasteiger partial charge in [-0.25, -0.2) is 15.0 Å². The number of rotatable bonds is 5. The van der Waals surface area contributed by atoms with E-state index in [4.69, 9.17) is 15.0 Å². The Bertz CT molecular complexity index is 3040. The van der Waals surface area contributed by atoms with Crippen molar-refractivity contribution in [3.8, 4) is 45.3 Å². The monoisotopic (exact) mass is 699 g/mol. The molecule has 9 aromatic carbocycles. The predicted octanol–water partition coefficient (Wildman–Crippen LogP) is 12.7. The van der Waals surface area contributed by atoms with Crippen molar-refractivity contribution in [2.45, 2.75) is 5.41 Å². The number of fused-ring (bicyclic) bond motifs is 8. The maximum absolute atomic E-state index is 5.42. The summed E-state index contributed by atoms with van der Waals surface area (Å²) in [7, 11) is 0. The lowest BCUT2D eigenvalue weighted by Crippen LogP contribution is -2.28. The van der Waals surface area contributed by atoms with Crippen molar-refractivity contribution in [3.05, 3.63) is 222 Å². The number of nitrogens with zero attached hydrogens (tertiary/aromatic N) is 3. The van der Waals surface area contributed by atoms with Crippen LogP contribution in [-0.2, 0) is 5.41 Å². The number of aromatic nitrogens is 3. The Labute approximate surface area is 319 Å². The van der Waals surface area contributed by atoms with Gasteiger partial charge in [0.1, 0.15) is 0 Å². The van der Waals surface area contributed by atoms with E-state index in [1.165, 1.54) is 44.2 Å². The second-order valence-electron chi connectivity index (χ2n) is 14.3. The molecule has 11 rings (SSSR count). The highest BCUT2D eigenvalue weighted by Gasteiger charge is 2.46. The molecule has 55 heavy (non-hydrogen) atoms. The van der Waals surface area contributed by atoms with Gasteiger partial charge in [-0.05, 0) is 66.4 Å². The summed E-state index contributed by atoms with van der Waals surface area (Å²) in [4.78, 5) is 15.9. The Kier molecular flexibility index (Phi) is 7.08. The summed E-state index contributed by atoms with van der Waals surface area (Å²) in [6.07, 6.45) is 0. The van der Waals surface area contributed by atoms with E-state index in [1.807, 2.05) is 18.2 Å². The first-order chi connectivity index (χ1) is 27.3. The largest absolute Gasteiger partial charge is 0.208 e. The van der Waals surface area contributed by atoms with E-state index in [0.717, 1.165) is 38.2 Å². The number of hydrogen-bond acceptors (Lipinski definition) is 3. The molecule has 10 aromatic rings. The summed E-state index contributed by atoms with van der Waals surface area (Å²) in [5, 5.41) is 6.93. The van der Waals surface area contributed by atoms with E-state index >= 15 is 0 Å². The van der Waals surface area contributed by atoms with Gasteiger partial charge in [0.2, 0.25) is 0 Å². The van der Waals surface area contributed by atoms with Crippen LogP contribution in [0.2, 0.25) is 0 Å². The third-order valence-corrected chi connectivity index (χ3v) is 11.4. The molecule has 3 nitrogen and oxygen atoms in total. The van der Waals surface area contributed by atoms with Crippen LogP contribution in [-0.4, -0.2) is 15.0 Å². The van der Waals surface area contributed by atoms with Crippen LogP contribution in [0.25, 0.3) is 77.6 Å². The fourth-order valence-electron chi connectivity index (χ4n) is 9.07. The first-order valence-electron chi connectivity index (χ1n) is 18.8. The van der Waals surface area contributed by atoms with Crippen LogP contribution in [0.4, 0.5) is 0 Å². The predicted molar refractivity (Wildman–Crippen MR) is 226 cm³/mol. The average Bonchev–Trinajstić information content (AvgIpc) is 3.58. The second kappa shape index (κ2) is 12.4. The van der Waals surface area contributed by atoms with Gasteiger partial charge in [0, 0.05) is 22.1 Å². The van der Waals surface area contributed by atoms with Gasteiger partial charge in [0.25, 0.3) is 0 Å². The van der Waals surface area contributed by atoms with Crippen molar-refractivity contribution in [2.24, 2.45) is 0 Å². The molecule has 3 heteroatoms. The highest BCUT2D eigenvalue weighted by molar-refractivity contribution is 6.14. The molecule has 0 aliphatic heterocycles. The topological polar surface area (TPSA) is 38.7 Å². The molecule has 0 N–H and O–H groups in total. The van der Waals surface area contributed by atoms with Crippen LogP contribution in [0.5, 0.6) is 0 Å². The standard InChI is InChI=1S/C52H33N3/c1-4-17-35(18-5-1)49-53-50(55-51(54-49)44-33-36-19-10-11-25-39(36)40-26-12-13-27-41(40)44)43-29-16-20-34-31-32-46-48(47(34)43)42-28-14-15-30-45(42)52(46,37-21-6-2-7-22-37)38-23-8-3-9-24-38/h1-33H. The van der Waals surface area contributed by atoms with Crippen molar-refractivity contribution < 1.29 is 0 Å². The van der Waals surface area contributed by atoms with Crippen LogP contribution in [0, 0.1) is 0 Å². The molecule has 256 valence electrons. The van der Waals surface area contributed by atoms with Gasteiger partial charge >= 0.3 is 0 Å². The average molecular weight is 700 g/mol. The smallest absolute Gasteiger partial charge is 0.164 e. The molecule has 0 spiro atoms. The molecule has 1 aliphatic carbocycles. The van der Waals surface area contributed by atoms with Gasteiger partial charge in [0.15, 0.2) is 17.5 Å². The van der Waals surface area contributed by atoms with Crippen molar-refractivity contribution in [3.63, 3.8) is 0 Å². The maximum Gasteiger partial charge on any atom is 0.164 e. The van der Waals surface area contributed by atoms with Crippen LogP contribution < -0.4 is 0 Å². The van der Waals surface area contributed by atoms with E-state index in [1.54, 1.807) is 0 Å². The lowest BCUT2D eigenvalue weighted by Gasteiger charge is -2.34. The lowest BCUT2D eigenvalue weighted by molar-refractivity contribution is 0.769. The minimum Gasteiger partial charge on any atom is -0.208 e. The fraction of sp³-hybridized carbons (Fsp3) is 0.0192. The molecule has 0 fully saturated rings. The Hall–Kier alpha value is -7.23. The molecule has 1 aromatic heterocycles. The molecule has 0 unspecified atom stereocenters. The molecule has 0 bridgehead atoms. The van der Waals surface area contributed by atoms with E-state index < -0.39 is 5.41 Å². The molecule has 0 atom stereocenters. The van der Waals surface area contributed by atoms with Gasteiger partial charge in [-0.1, -0.05) is 194 Å². The van der Waals surface area contributed by atoms with Gasteiger partial charge in [-0.2, -0.15) is 0 Å². The molecular weight excluding hydrogens is 667 g/mol. The molecule has 0 saturated heterocycles. The first-order valence-corrected chi connectivity index (χ1v) is 18.8. The minimum atomic E-state index is -0.515. The van der Waals surface area contributed by atoms with E-state index in [9.17, 15) is 0 Å². The third kappa shape index (κ3) is 4.73. The van der Waals surface area contributed by atoms with E-state index in [-0.39, 0.29) is 0 Å². The van der Waals surface area contributed by atoms with Crippen molar-refractivity contribution in [1.29, 1.82) is 0 Å². The lowest BCUT2D eigenvalue weighted by atomic mass is 9.67. The Morgan fingerprint density at radius 2 is 0.873 bits per heavy atom. The minimum absolute atomic E-state index is 0.515. The third-order valence-electron chi connectivity index (χ3n) is 11.4. The molecule has 0 saturated carbocycles. The van der Waals surface area contributed by atoms with Crippen molar-refractivity contribution in [1.82, 2.24) is 15.0 Å². The fourth-order valence-corrected chi connectivity index (χ4v) is 9.07. The zero-order valence-corrected chi connectivity index (χ0v) is 29.9. The summed E-state index contributed by atoms with van der Waals surface area (Å²) in [5.41, 5.74) is 9.84. The second-order valence-corrected chi connectivity index (χ2v) is 14.3. The Morgan fingerprint density at radius 3 is 1.62 bits per heavy atom. The molecule has 1 aliphatic rings. The van der Waals surface area contributed by atoms with Crippen LogP contribution in [0.3, 0.4) is 0 Å². The summed E-state index contributed by atoms with van der Waals surface area (Å²) in [6, 6.07) is 71.6. The van der Waals surface area contributed by atoms with Crippen LogP contribution >= 0.6 is 0 Å². The molecule has 0 radical (unpaired) electrons. The van der Waals surface area contributed by atoms with Gasteiger partial charge in [-0.15, -0.1) is 0 Å². The summed E-state index contributed by atoms with van der Waals surface area (Å²) < 4.78 is 0. The number of hydrogen-bond donors (Lipinski definition) is 0. The maximum atomic E-state index is 5.42. The molecule has 1 heterocycles. The number of benzene rings is 9. The Morgan fingerprint density at radius 1 is 0.327 bits per heavy atom. The highest BCUT2D eigenvalue weighted by atomic mass is 15.0. The van der Waals surface area contributed by atoms with Gasteiger partial charge in [0.05, 0.1) is 5.41 Å². The Balaban J connectivity index is 1.24. The quantitative estimate of drug-likeness (QED) is 0.168. The van der Waals surface area contributed by atoms with Gasteiger partial charge in [-0.3, -0.25) is 0 Å². The normalized spacial score (nSPS) is 12.9. The van der Waals surface area contributed by atoms with Crippen LogP contribution in [0.1, 0.15) is 22.3 Å². The highest BCUT2D eigenvalue weighted by Crippen LogP contribution is 2.58.